The standard InChI is InChI=1S/C13H15N3O3S2/c1-13(2)11(14(3)12(20)21-13)15(17)8-9-5-4-6-10(7-9)16(18)19/h4-8,11H,1-3H3/b15-8-/t11-/m1/s1. The van der Waals surface area contributed by atoms with Gasteiger partial charge in [-0.1, -0.05) is 30.0 Å². The smallest absolute Gasteiger partial charge is 0.270 e. The second-order valence-electron chi connectivity index (χ2n) is 5.30. The molecule has 112 valence electrons. The van der Waals surface area contributed by atoms with Crippen molar-refractivity contribution in [3.8, 4) is 0 Å². The molecule has 21 heavy (non-hydrogen) atoms. The predicted molar refractivity (Wildman–Crippen MR) is 87.7 cm³/mol. The third kappa shape index (κ3) is 3.16. The number of benzene rings is 1. The molecule has 8 heteroatoms. The van der Waals surface area contributed by atoms with Gasteiger partial charge in [0.25, 0.3) is 11.9 Å². The van der Waals surface area contributed by atoms with Gasteiger partial charge in [0.2, 0.25) is 0 Å². The Kier molecular flexibility index (Phi) is 4.20. The molecule has 2 rings (SSSR count). The maximum atomic E-state index is 12.4. The molecule has 1 heterocycles. The number of thiocarbonyl (C=S) groups is 1. The zero-order valence-electron chi connectivity index (χ0n) is 11.8. The zero-order chi connectivity index (χ0) is 15.8. The molecule has 0 saturated carbocycles. The van der Waals surface area contributed by atoms with E-state index in [2.05, 4.69) is 0 Å². The fourth-order valence-corrected chi connectivity index (χ4v) is 4.13. The minimum absolute atomic E-state index is 0.0407. The van der Waals surface area contributed by atoms with Crippen molar-refractivity contribution in [2.75, 3.05) is 7.05 Å². The Bertz CT molecular complexity index is 631. The lowest BCUT2D eigenvalue weighted by molar-refractivity contribution is -0.522. The molecule has 1 aromatic rings. The van der Waals surface area contributed by atoms with E-state index in [9.17, 15) is 15.3 Å². The minimum atomic E-state index is -0.483. The molecule has 1 saturated heterocycles. The Hall–Kier alpha value is -1.67. The van der Waals surface area contributed by atoms with Crippen molar-refractivity contribution in [2.24, 2.45) is 0 Å². The van der Waals surface area contributed by atoms with Crippen LogP contribution in [0.25, 0.3) is 0 Å². The van der Waals surface area contributed by atoms with Crippen molar-refractivity contribution in [3.05, 3.63) is 45.2 Å². The fourth-order valence-electron chi connectivity index (χ4n) is 2.33. The average Bonchev–Trinajstić information content (AvgIpc) is 2.58. The molecule has 0 amide bonds. The van der Waals surface area contributed by atoms with E-state index in [4.69, 9.17) is 12.2 Å². The molecule has 0 unspecified atom stereocenters. The van der Waals surface area contributed by atoms with E-state index in [1.807, 2.05) is 13.8 Å². The summed E-state index contributed by atoms with van der Waals surface area (Å²) in [5.74, 6) is 0. The van der Waals surface area contributed by atoms with E-state index in [-0.39, 0.29) is 10.4 Å². The van der Waals surface area contributed by atoms with E-state index in [0.29, 0.717) is 9.88 Å². The van der Waals surface area contributed by atoms with Crippen LogP contribution >= 0.6 is 24.0 Å². The van der Waals surface area contributed by atoms with Crippen molar-refractivity contribution in [3.63, 3.8) is 0 Å². The lowest BCUT2D eigenvalue weighted by Crippen LogP contribution is -2.46. The monoisotopic (exact) mass is 325 g/mol. The number of nitrogens with zero attached hydrogens (tertiary/aromatic N) is 3. The van der Waals surface area contributed by atoms with Gasteiger partial charge in [0.1, 0.15) is 9.07 Å². The summed E-state index contributed by atoms with van der Waals surface area (Å²) < 4.78 is 1.12. The molecule has 1 atom stereocenters. The van der Waals surface area contributed by atoms with Crippen molar-refractivity contribution in [1.29, 1.82) is 0 Å². The van der Waals surface area contributed by atoms with Crippen LogP contribution in [-0.4, -0.2) is 43.1 Å². The number of rotatable bonds is 3. The van der Waals surface area contributed by atoms with E-state index >= 15 is 0 Å². The summed E-state index contributed by atoms with van der Waals surface area (Å²) in [6.07, 6.45) is 0.916. The van der Waals surface area contributed by atoms with Gasteiger partial charge >= 0.3 is 0 Å². The SMILES string of the molecule is CN1C(=S)SC(C)(C)[C@H]1/[N+]([O-])=C/c1cccc([N+](=O)[O-])c1. The van der Waals surface area contributed by atoms with Crippen LogP contribution in [-0.2, 0) is 0 Å². The molecule has 1 aromatic carbocycles. The summed E-state index contributed by atoms with van der Waals surface area (Å²) in [5.41, 5.74) is 0.451. The lowest BCUT2D eigenvalue weighted by atomic mass is 10.1. The molecule has 1 fully saturated rings. The molecule has 0 spiro atoms. The molecule has 0 radical (unpaired) electrons. The predicted octanol–water partition coefficient (Wildman–Crippen LogP) is 2.59. The molecule has 1 aliphatic heterocycles. The van der Waals surface area contributed by atoms with Crippen molar-refractivity contribution >= 4 is 40.2 Å². The molecule has 0 N–H and O–H groups in total. The van der Waals surface area contributed by atoms with E-state index < -0.39 is 11.1 Å². The highest BCUT2D eigenvalue weighted by Crippen LogP contribution is 2.40. The van der Waals surface area contributed by atoms with Crippen LogP contribution in [0.1, 0.15) is 19.4 Å². The van der Waals surface area contributed by atoms with Crippen molar-refractivity contribution in [2.45, 2.75) is 24.8 Å². The van der Waals surface area contributed by atoms with Crippen LogP contribution < -0.4 is 0 Å². The summed E-state index contributed by atoms with van der Waals surface area (Å²) in [6.45, 7) is 3.90. The second kappa shape index (κ2) is 5.61. The largest absolute Gasteiger partial charge is 0.622 e. The van der Waals surface area contributed by atoms with Gasteiger partial charge in [-0.05, 0) is 19.9 Å². The number of hydrogen-bond donors (Lipinski definition) is 0. The van der Waals surface area contributed by atoms with E-state index in [0.717, 1.165) is 4.74 Å². The molecular weight excluding hydrogens is 310 g/mol. The van der Waals surface area contributed by atoms with Gasteiger partial charge in [-0.15, -0.1) is 0 Å². The normalized spacial score (nSPS) is 21.7. The zero-order valence-corrected chi connectivity index (χ0v) is 13.5. The van der Waals surface area contributed by atoms with Crippen LogP contribution in [0.5, 0.6) is 0 Å². The third-order valence-corrected chi connectivity index (χ3v) is 4.96. The first-order chi connectivity index (χ1) is 9.72. The Morgan fingerprint density at radius 3 is 2.62 bits per heavy atom. The van der Waals surface area contributed by atoms with Gasteiger partial charge in [0, 0.05) is 24.7 Å². The van der Waals surface area contributed by atoms with Gasteiger partial charge in [-0.3, -0.25) is 10.1 Å². The molecule has 0 aromatic heterocycles. The number of thioether (sulfide) groups is 1. The maximum Gasteiger partial charge on any atom is 0.270 e. The number of nitro groups is 1. The van der Waals surface area contributed by atoms with Crippen LogP contribution in [0, 0.1) is 15.3 Å². The van der Waals surface area contributed by atoms with Gasteiger partial charge in [-0.25, -0.2) is 0 Å². The van der Waals surface area contributed by atoms with Gasteiger partial charge in [0.15, 0.2) is 6.21 Å². The van der Waals surface area contributed by atoms with E-state index in [1.165, 1.54) is 30.1 Å². The van der Waals surface area contributed by atoms with Gasteiger partial charge < -0.3 is 10.1 Å². The maximum absolute atomic E-state index is 12.4. The highest BCUT2D eigenvalue weighted by molar-refractivity contribution is 8.24. The fraction of sp³-hybridized carbons (Fsp3) is 0.385. The van der Waals surface area contributed by atoms with Crippen LogP contribution in [0.3, 0.4) is 0 Å². The third-order valence-electron chi connectivity index (χ3n) is 3.23. The summed E-state index contributed by atoms with van der Waals surface area (Å²) in [7, 11) is 1.78. The number of hydrogen-bond acceptors (Lipinski definition) is 5. The Morgan fingerprint density at radius 2 is 2.10 bits per heavy atom. The van der Waals surface area contributed by atoms with E-state index in [1.54, 1.807) is 24.1 Å². The molecular formula is C13H15N3O3S2. The van der Waals surface area contributed by atoms with Gasteiger partial charge in [-0.2, -0.15) is 4.74 Å². The van der Waals surface area contributed by atoms with Crippen LogP contribution in [0.15, 0.2) is 24.3 Å². The first kappa shape index (κ1) is 15.7. The van der Waals surface area contributed by atoms with Crippen molar-refractivity contribution < 1.29 is 9.66 Å². The molecule has 6 nitrogen and oxygen atoms in total. The van der Waals surface area contributed by atoms with Crippen molar-refractivity contribution in [1.82, 2.24) is 4.90 Å². The number of non-ortho nitro benzene ring substituents is 1. The van der Waals surface area contributed by atoms with Gasteiger partial charge in [0.05, 0.1) is 4.92 Å². The second-order valence-corrected chi connectivity index (χ2v) is 7.59. The molecule has 0 bridgehead atoms. The summed E-state index contributed by atoms with van der Waals surface area (Å²) in [4.78, 5) is 12.0. The molecule has 1 aliphatic rings. The first-order valence-corrected chi connectivity index (χ1v) is 7.45. The average molecular weight is 325 g/mol. The lowest BCUT2D eigenvalue weighted by Gasteiger charge is -2.27. The molecule has 0 aliphatic carbocycles. The Balaban J connectivity index is 2.35. The minimum Gasteiger partial charge on any atom is -0.622 e. The summed E-state index contributed by atoms with van der Waals surface area (Å²) in [6, 6.07) is 5.98. The summed E-state index contributed by atoms with van der Waals surface area (Å²) >= 11 is 6.70. The topological polar surface area (TPSA) is 72.5 Å². The van der Waals surface area contributed by atoms with Crippen LogP contribution in [0.2, 0.25) is 0 Å². The quantitative estimate of drug-likeness (QED) is 0.212. The highest BCUT2D eigenvalue weighted by Gasteiger charge is 2.48. The Morgan fingerprint density at radius 1 is 1.43 bits per heavy atom. The van der Waals surface area contributed by atoms with Crippen LogP contribution in [0.4, 0.5) is 5.69 Å². The number of hydroxylamine groups is 1. The first-order valence-electron chi connectivity index (χ1n) is 6.23. The Labute approximate surface area is 132 Å². The number of nitro benzene ring substituents is 1. The highest BCUT2D eigenvalue weighted by atomic mass is 32.2. The summed E-state index contributed by atoms with van der Waals surface area (Å²) in [5, 5.41) is 23.2.